The van der Waals surface area contributed by atoms with Crippen molar-refractivity contribution in [2.45, 2.75) is 88.9 Å². The molecule has 5 aliphatic rings. The highest BCUT2D eigenvalue weighted by atomic mass is 16.5. The van der Waals surface area contributed by atoms with Crippen molar-refractivity contribution >= 4 is 18.2 Å². The third-order valence-electron chi connectivity index (χ3n) is 10.00. The Morgan fingerprint density at radius 2 is 1.88 bits per heavy atom. The van der Waals surface area contributed by atoms with Gasteiger partial charge in [-0.15, -0.1) is 0 Å². The minimum Gasteiger partial charge on any atom is -0.462 e. The lowest BCUT2D eigenvalue weighted by molar-refractivity contribution is -0.247. The van der Waals surface area contributed by atoms with Crippen LogP contribution >= 0.6 is 0 Å². The summed E-state index contributed by atoms with van der Waals surface area (Å²) in [6, 6.07) is 0. The summed E-state index contributed by atoms with van der Waals surface area (Å²) in [5.41, 5.74) is -2.41. The largest absolute Gasteiger partial charge is 0.462 e. The highest BCUT2D eigenvalue weighted by Crippen LogP contribution is 2.69. The van der Waals surface area contributed by atoms with Crippen LogP contribution in [0.3, 0.4) is 0 Å². The van der Waals surface area contributed by atoms with E-state index < -0.39 is 16.6 Å². The molecular formula is C25H34O7. The average molecular weight is 447 g/mol. The number of fused-ring (bicyclic) bond motifs is 5. The Labute approximate surface area is 188 Å². The second-order valence-corrected chi connectivity index (χ2v) is 11.4. The van der Waals surface area contributed by atoms with E-state index >= 15 is 0 Å². The van der Waals surface area contributed by atoms with Crippen LogP contribution in [-0.2, 0) is 23.9 Å². The molecule has 2 N–H and O–H groups in total. The van der Waals surface area contributed by atoms with E-state index in [4.69, 9.17) is 9.47 Å². The fourth-order valence-electron chi connectivity index (χ4n) is 8.44. The summed E-state index contributed by atoms with van der Waals surface area (Å²) in [4.78, 5) is 35.8. The van der Waals surface area contributed by atoms with Crippen molar-refractivity contribution in [1.82, 2.24) is 0 Å². The molecule has 7 heteroatoms. The van der Waals surface area contributed by atoms with Crippen molar-refractivity contribution in [3.63, 3.8) is 0 Å². The molecule has 0 aromatic rings. The van der Waals surface area contributed by atoms with Gasteiger partial charge in [-0.1, -0.05) is 6.92 Å². The zero-order valence-corrected chi connectivity index (χ0v) is 19.0. The van der Waals surface area contributed by atoms with Crippen molar-refractivity contribution in [3.05, 3.63) is 11.6 Å². The smallest absolute Gasteiger partial charge is 0.331 e. The van der Waals surface area contributed by atoms with E-state index in [0.717, 1.165) is 31.1 Å². The predicted octanol–water partition coefficient (Wildman–Crippen LogP) is 2.47. The topological polar surface area (TPSA) is 110 Å². The summed E-state index contributed by atoms with van der Waals surface area (Å²) in [5.74, 6) is -0.765. The zero-order chi connectivity index (χ0) is 22.9. The first-order valence-corrected chi connectivity index (χ1v) is 12.0. The molecule has 1 aliphatic heterocycles. The lowest BCUT2D eigenvalue weighted by Crippen LogP contribution is -2.68. The number of carbonyl (C=O) groups excluding carboxylic acids is 3. The Kier molecular flexibility index (Phi) is 4.92. The zero-order valence-electron chi connectivity index (χ0n) is 19.0. The fraction of sp³-hybridized carbons (Fsp3) is 0.800. The number of aliphatic hydroxyl groups is 2. The maximum Gasteiger partial charge on any atom is 0.331 e. The molecule has 4 fully saturated rings. The molecular weight excluding hydrogens is 412 g/mol. The van der Waals surface area contributed by atoms with Gasteiger partial charge in [0.1, 0.15) is 19.0 Å². The first-order chi connectivity index (χ1) is 15.1. The van der Waals surface area contributed by atoms with Gasteiger partial charge in [-0.3, -0.25) is 4.79 Å². The number of rotatable bonds is 3. The van der Waals surface area contributed by atoms with Crippen molar-refractivity contribution < 1.29 is 34.1 Å². The van der Waals surface area contributed by atoms with E-state index in [-0.39, 0.29) is 47.6 Å². The molecule has 0 radical (unpaired) electrons. The molecule has 0 spiro atoms. The van der Waals surface area contributed by atoms with Crippen LogP contribution in [-0.4, -0.2) is 52.4 Å². The second kappa shape index (κ2) is 7.13. The first-order valence-electron chi connectivity index (χ1n) is 12.0. The number of hydrogen-bond donors (Lipinski definition) is 2. The molecule has 1 heterocycles. The summed E-state index contributed by atoms with van der Waals surface area (Å²) < 4.78 is 10.5. The van der Waals surface area contributed by atoms with Crippen molar-refractivity contribution in [1.29, 1.82) is 0 Å². The van der Waals surface area contributed by atoms with E-state index in [1.807, 2.05) is 0 Å². The van der Waals surface area contributed by atoms with Gasteiger partial charge in [0.25, 0.3) is 0 Å². The van der Waals surface area contributed by atoms with Gasteiger partial charge in [0.05, 0.1) is 16.6 Å². The van der Waals surface area contributed by atoms with Gasteiger partial charge in [-0.05, 0) is 80.1 Å². The first kappa shape index (κ1) is 22.1. The lowest BCUT2D eigenvalue weighted by Gasteiger charge is -2.64. The number of esters is 2. The predicted molar refractivity (Wildman–Crippen MR) is 113 cm³/mol. The fourth-order valence-corrected chi connectivity index (χ4v) is 8.44. The second-order valence-electron chi connectivity index (χ2n) is 11.4. The highest BCUT2D eigenvalue weighted by Gasteiger charge is 2.70. The summed E-state index contributed by atoms with van der Waals surface area (Å²) in [5, 5.41) is 23.9. The lowest BCUT2D eigenvalue weighted by atomic mass is 9.42. The molecule has 32 heavy (non-hydrogen) atoms. The monoisotopic (exact) mass is 446 g/mol. The van der Waals surface area contributed by atoms with Crippen LogP contribution in [0.5, 0.6) is 0 Å². The average Bonchev–Trinajstić information content (AvgIpc) is 3.27. The van der Waals surface area contributed by atoms with E-state index in [2.05, 4.69) is 6.92 Å². The van der Waals surface area contributed by atoms with Crippen molar-refractivity contribution in [2.75, 3.05) is 6.61 Å². The molecule has 7 nitrogen and oxygen atoms in total. The minimum absolute atomic E-state index is 0.0828. The normalized spacial score (nSPS) is 49.9. The van der Waals surface area contributed by atoms with E-state index in [1.165, 1.54) is 6.92 Å². The molecule has 176 valence electrons. The Bertz CT molecular complexity index is 882. The van der Waals surface area contributed by atoms with Crippen molar-refractivity contribution in [2.24, 2.45) is 28.6 Å². The Balaban J connectivity index is 1.45. The quantitative estimate of drug-likeness (QED) is 0.506. The highest BCUT2D eigenvalue weighted by molar-refractivity contribution is 5.85. The van der Waals surface area contributed by atoms with Gasteiger partial charge in [-0.2, -0.15) is 0 Å². The Morgan fingerprint density at radius 1 is 1.12 bits per heavy atom. The Hall–Kier alpha value is -1.73. The third kappa shape index (κ3) is 2.89. The molecule has 4 aliphatic carbocycles. The van der Waals surface area contributed by atoms with Gasteiger partial charge in [0.2, 0.25) is 0 Å². The molecule has 0 unspecified atom stereocenters. The molecule has 0 aromatic heterocycles. The number of cyclic esters (lactones) is 1. The summed E-state index contributed by atoms with van der Waals surface area (Å²) >= 11 is 0. The maximum absolute atomic E-state index is 12.7. The van der Waals surface area contributed by atoms with E-state index in [9.17, 15) is 24.6 Å². The van der Waals surface area contributed by atoms with Crippen LogP contribution in [0.2, 0.25) is 0 Å². The molecule has 0 amide bonds. The summed E-state index contributed by atoms with van der Waals surface area (Å²) in [6.07, 6.45) is 7.44. The van der Waals surface area contributed by atoms with Crippen LogP contribution in [0.25, 0.3) is 0 Å². The van der Waals surface area contributed by atoms with Gasteiger partial charge in [0.15, 0.2) is 0 Å². The van der Waals surface area contributed by atoms with Gasteiger partial charge in [0, 0.05) is 19.4 Å². The van der Waals surface area contributed by atoms with Crippen LogP contribution in [0.15, 0.2) is 11.6 Å². The van der Waals surface area contributed by atoms with Gasteiger partial charge >= 0.3 is 11.9 Å². The number of carbonyl (C=O) groups is 3. The SMILES string of the molecule is CC(=O)O[C@H]1CC[C@]2(C=O)[C@H]3CC[C@]4(C)C[C@@H](C5=CC(=O)OC5)C[C@@]4(O)[C@@H]3CC[C@@]2(O)C1. The summed E-state index contributed by atoms with van der Waals surface area (Å²) in [7, 11) is 0. The van der Waals surface area contributed by atoms with E-state index in [0.29, 0.717) is 38.7 Å². The van der Waals surface area contributed by atoms with Gasteiger partial charge in [-0.25, -0.2) is 4.79 Å². The molecule has 8 atom stereocenters. The number of aldehydes is 1. The molecule has 0 saturated heterocycles. The summed E-state index contributed by atoms with van der Waals surface area (Å²) in [6.45, 7) is 3.82. The number of hydrogen-bond acceptors (Lipinski definition) is 7. The standard InChI is InChI=1S/C25H34O7/c1-15(27)32-18-3-7-23(14-26)19-4-6-22(2)10-17(16-9-21(28)31-13-16)11-25(22,30)20(19)5-8-24(23,29)12-18/h9,14,17-20,29-30H,3-8,10-13H2,1-2H3/t17-,18+,19+,20-,22-,23+,24-,25-/m1/s1. The Morgan fingerprint density at radius 3 is 2.53 bits per heavy atom. The molecule has 4 saturated carbocycles. The van der Waals surface area contributed by atoms with Crippen LogP contribution in [0.4, 0.5) is 0 Å². The van der Waals surface area contributed by atoms with Crippen molar-refractivity contribution in [3.8, 4) is 0 Å². The van der Waals surface area contributed by atoms with Crippen LogP contribution in [0, 0.1) is 28.6 Å². The molecule has 0 bridgehead atoms. The number of ether oxygens (including phenoxy) is 2. The van der Waals surface area contributed by atoms with E-state index in [1.54, 1.807) is 6.08 Å². The van der Waals surface area contributed by atoms with Crippen LogP contribution < -0.4 is 0 Å². The molecule has 0 aromatic carbocycles. The van der Waals surface area contributed by atoms with Crippen LogP contribution in [0.1, 0.15) is 71.6 Å². The minimum atomic E-state index is -1.22. The third-order valence-corrected chi connectivity index (χ3v) is 10.00. The van der Waals surface area contributed by atoms with Gasteiger partial charge < -0.3 is 24.5 Å². The molecule has 5 rings (SSSR count). The maximum atomic E-state index is 12.7.